The summed E-state index contributed by atoms with van der Waals surface area (Å²) in [5, 5.41) is 0. The summed E-state index contributed by atoms with van der Waals surface area (Å²) in [4.78, 5) is 15.2. The van der Waals surface area contributed by atoms with Crippen molar-refractivity contribution in [1.82, 2.24) is 9.47 Å². The molecule has 0 unspecified atom stereocenters. The van der Waals surface area contributed by atoms with Gasteiger partial charge in [-0.15, -0.1) is 0 Å². The normalized spacial score (nSPS) is 15.1. The van der Waals surface area contributed by atoms with Crippen molar-refractivity contribution in [2.24, 2.45) is 13.0 Å². The van der Waals surface area contributed by atoms with Crippen molar-refractivity contribution in [3.05, 3.63) is 35.2 Å². The first kappa shape index (κ1) is 23.0. The van der Waals surface area contributed by atoms with E-state index in [1.165, 1.54) is 14.2 Å². The minimum absolute atomic E-state index is 0.000921. The van der Waals surface area contributed by atoms with Gasteiger partial charge in [0, 0.05) is 37.6 Å². The molecule has 2 heterocycles. The first-order chi connectivity index (χ1) is 14.6. The van der Waals surface area contributed by atoms with Crippen LogP contribution in [0.3, 0.4) is 0 Å². The Bertz CT molecular complexity index is 1080. The molecule has 1 aromatic heterocycles. The van der Waals surface area contributed by atoms with Crippen LogP contribution in [0.15, 0.2) is 23.1 Å². The van der Waals surface area contributed by atoms with E-state index in [-0.39, 0.29) is 22.1 Å². The van der Waals surface area contributed by atoms with Gasteiger partial charge in [-0.05, 0) is 44.7 Å². The third-order valence-corrected chi connectivity index (χ3v) is 7.65. The standard InChI is InChI=1S/C22H31N3O5S/c1-14-9-11-25(12-10-14)22(26)20-15(2)24(4)16(3)21(20)31(27,28)23-18-13-17(29-5)7-8-19(18)30-6/h7-8,13-14,23H,9-12H2,1-6H3. The lowest BCUT2D eigenvalue weighted by molar-refractivity contribution is 0.0692. The Morgan fingerprint density at radius 3 is 2.32 bits per heavy atom. The fourth-order valence-electron chi connectivity index (χ4n) is 3.96. The van der Waals surface area contributed by atoms with E-state index in [9.17, 15) is 13.2 Å². The summed E-state index contributed by atoms with van der Waals surface area (Å²) >= 11 is 0. The lowest BCUT2D eigenvalue weighted by Crippen LogP contribution is -2.38. The average molecular weight is 450 g/mol. The summed E-state index contributed by atoms with van der Waals surface area (Å²) in [6.07, 6.45) is 1.83. The summed E-state index contributed by atoms with van der Waals surface area (Å²) in [6.45, 7) is 6.91. The molecule has 1 aliphatic rings. The predicted molar refractivity (Wildman–Crippen MR) is 120 cm³/mol. The topological polar surface area (TPSA) is 89.9 Å². The maximum absolute atomic E-state index is 13.5. The summed E-state index contributed by atoms with van der Waals surface area (Å²) < 4.78 is 41.9. The third kappa shape index (κ3) is 4.37. The number of piperidine rings is 1. The zero-order valence-electron chi connectivity index (χ0n) is 19.0. The van der Waals surface area contributed by atoms with Crippen LogP contribution in [-0.4, -0.2) is 51.1 Å². The number of amides is 1. The Morgan fingerprint density at radius 2 is 1.74 bits per heavy atom. The second kappa shape index (κ2) is 8.82. The van der Waals surface area contributed by atoms with Crippen molar-refractivity contribution in [1.29, 1.82) is 0 Å². The van der Waals surface area contributed by atoms with Crippen LogP contribution in [-0.2, 0) is 17.1 Å². The Labute approximate surface area is 184 Å². The number of rotatable bonds is 6. The Balaban J connectivity index is 2.06. The van der Waals surface area contributed by atoms with Crippen molar-refractivity contribution < 1.29 is 22.7 Å². The van der Waals surface area contributed by atoms with Gasteiger partial charge >= 0.3 is 0 Å². The van der Waals surface area contributed by atoms with Crippen molar-refractivity contribution in [2.75, 3.05) is 32.0 Å². The maximum atomic E-state index is 13.5. The predicted octanol–water partition coefficient (Wildman–Crippen LogP) is 3.33. The summed E-state index contributed by atoms with van der Waals surface area (Å²) in [6, 6.07) is 4.86. The molecule has 9 heteroatoms. The number of methoxy groups -OCH3 is 2. The number of hydrogen-bond donors (Lipinski definition) is 1. The Kier molecular flexibility index (Phi) is 6.54. The lowest BCUT2D eigenvalue weighted by Gasteiger charge is -2.30. The molecule has 8 nitrogen and oxygen atoms in total. The number of sulfonamides is 1. The number of benzene rings is 1. The molecule has 1 N–H and O–H groups in total. The second-order valence-corrected chi connectivity index (χ2v) is 9.70. The van der Waals surface area contributed by atoms with Gasteiger partial charge in [-0.1, -0.05) is 6.92 Å². The van der Waals surface area contributed by atoms with E-state index in [1.807, 2.05) is 0 Å². The third-order valence-electron chi connectivity index (χ3n) is 6.13. The average Bonchev–Trinajstić information content (AvgIpc) is 2.98. The number of hydrogen-bond acceptors (Lipinski definition) is 5. The van der Waals surface area contributed by atoms with Crippen LogP contribution in [0.5, 0.6) is 11.5 Å². The summed E-state index contributed by atoms with van der Waals surface area (Å²) in [5.74, 6) is 1.16. The SMILES string of the molecule is COc1ccc(OC)c(NS(=O)(=O)c2c(C(=O)N3CCC(C)CC3)c(C)n(C)c2C)c1. The molecule has 1 saturated heterocycles. The summed E-state index contributed by atoms with van der Waals surface area (Å²) in [7, 11) is 0.650. The Morgan fingerprint density at radius 1 is 1.10 bits per heavy atom. The molecule has 31 heavy (non-hydrogen) atoms. The molecular formula is C22H31N3O5S. The molecule has 0 spiro atoms. The molecule has 0 saturated carbocycles. The van der Waals surface area contributed by atoms with Gasteiger partial charge in [-0.25, -0.2) is 8.42 Å². The van der Waals surface area contributed by atoms with Gasteiger partial charge in [-0.3, -0.25) is 9.52 Å². The number of carbonyl (C=O) groups is 1. The van der Waals surface area contributed by atoms with Crippen LogP contribution < -0.4 is 14.2 Å². The van der Waals surface area contributed by atoms with Crippen LogP contribution in [0.25, 0.3) is 0 Å². The quantitative estimate of drug-likeness (QED) is 0.731. The van der Waals surface area contributed by atoms with Crippen molar-refractivity contribution in [3.63, 3.8) is 0 Å². The molecular weight excluding hydrogens is 418 g/mol. The van der Waals surface area contributed by atoms with Crippen LogP contribution in [0.1, 0.15) is 41.5 Å². The minimum atomic E-state index is -4.08. The van der Waals surface area contributed by atoms with E-state index in [4.69, 9.17) is 9.47 Å². The van der Waals surface area contributed by atoms with Crippen molar-refractivity contribution in [2.45, 2.75) is 38.5 Å². The highest BCUT2D eigenvalue weighted by Crippen LogP contribution is 2.34. The van der Waals surface area contributed by atoms with E-state index in [0.717, 1.165) is 12.8 Å². The number of aromatic nitrogens is 1. The van der Waals surface area contributed by atoms with Crippen LogP contribution in [0, 0.1) is 19.8 Å². The molecule has 0 bridgehead atoms. The number of likely N-dealkylation sites (tertiary alicyclic amines) is 1. The van der Waals surface area contributed by atoms with Gasteiger partial charge in [0.15, 0.2) is 0 Å². The Hall–Kier alpha value is -2.68. The van der Waals surface area contributed by atoms with Crippen molar-refractivity contribution in [3.8, 4) is 11.5 Å². The smallest absolute Gasteiger partial charge is 0.264 e. The number of nitrogens with zero attached hydrogens (tertiary/aromatic N) is 2. The second-order valence-electron chi connectivity index (χ2n) is 8.08. The zero-order chi connectivity index (χ0) is 22.9. The van der Waals surface area contributed by atoms with Crippen LogP contribution in [0.4, 0.5) is 5.69 Å². The lowest BCUT2D eigenvalue weighted by atomic mass is 9.98. The van der Waals surface area contributed by atoms with Gasteiger partial charge in [0.05, 0.1) is 25.5 Å². The fourth-order valence-corrected chi connectivity index (χ4v) is 5.54. The first-order valence-corrected chi connectivity index (χ1v) is 11.8. The van der Waals surface area contributed by atoms with E-state index in [0.29, 0.717) is 41.9 Å². The van der Waals surface area contributed by atoms with Gasteiger partial charge < -0.3 is 18.9 Å². The van der Waals surface area contributed by atoms with E-state index >= 15 is 0 Å². The van der Waals surface area contributed by atoms with Gasteiger partial charge in [0.1, 0.15) is 16.4 Å². The molecule has 0 atom stereocenters. The highest BCUT2D eigenvalue weighted by molar-refractivity contribution is 7.92. The maximum Gasteiger partial charge on any atom is 0.264 e. The van der Waals surface area contributed by atoms with Crippen LogP contribution >= 0.6 is 0 Å². The molecule has 0 aliphatic carbocycles. The molecule has 0 radical (unpaired) electrons. The minimum Gasteiger partial charge on any atom is -0.497 e. The molecule has 2 aromatic rings. The molecule has 1 aromatic carbocycles. The van der Waals surface area contributed by atoms with E-state index in [1.54, 1.807) is 48.6 Å². The highest BCUT2D eigenvalue weighted by atomic mass is 32.2. The number of ether oxygens (including phenoxy) is 2. The monoisotopic (exact) mass is 449 g/mol. The van der Waals surface area contributed by atoms with Crippen LogP contribution in [0.2, 0.25) is 0 Å². The fraction of sp³-hybridized carbons (Fsp3) is 0.500. The largest absolute Gasteiger partial charge is 0.497 e. The number of anilines is 1. The summed E-state index contributed by atoms with van der Waals surface area (Å²) in [5.41, 5.74) is 1.59. The molecule has 170 valence electrons. The van der Waals surface area contributed by atoms with Gasteiger partial charge in [-0.2, -0.15) is 0 Å². The highest BCUT2D eigenvalue weighted by Gasteiger charge is 2.34. The molecule has 3 rings (SSSR count). The molecule has 1 amide bonds. The number of nitrogens with one attached hydrogen (secondary N) is 1. The number of carbonyl (C=O) groups excluding carboxylic acids is 1. The van der Waals surface area contributed by atoms with Gasteiger partial charge in [0.25, 0.3) is 15.9 Å². The molecule has 1 aliphatic heterocycles. The van der Waals surface area contributed by atoms with E-state index in [2.05, 4.69) is 11.6 Å². The van der Waals surface area contributed by atoms with Crippen molar-refractivity contribution >= 4 is 21.6 Å². The first-order valence-electron chi connectivity index (χ1n) is 10.3. The van der Waals surface area contributed by atoms with Gasteiger partial charge in [0.2, 0.25) is 0 Å². The zero-order valence-corrected chi connectivity index (χ0v) is 19.8. The molecule has 1 fully saturated rings. The van der Waals surface area contributed by atoms with E-state index < -0.39 is 10.0 Å².